The summed E-state index contributed by atoms with van der Waals surface area (Å²) in [6.07, 6.45) is 0.672. The van der Waals surface area contributed by atoms with Gasteiger partial charge in [-0.2, -0.15) is 0 Å². The summed E-state index contributed by atoms with van der Waals surface area (Å²) in [4.78, 5) is 37.6. The molecule has 0 bridgehead atoms. The number of urea groups is 1. The molecule has 0 heterocycles. The second kappa shape index (κ2) is 11.0. The van der Waals surface area contributed by atoms with Gasteiger partial charge in [0.05, 0.1) is 11.1 Å². The molecule has 0 fully saturated rings. The Bertz CT molecular complexity index is 959. The standard InChI is InChI=1S/C25H31IN2O5/c1-24(2,3)32-21(29)17-13-18(22(30)33-25(4,5)6)15-20(14-17)28-23(31)27-12-11-16-7-9-19(26)10-8-16/h7-10,13-15H,11-12H2,1-6H3,(H2,27,28,31). The highest BCUT2D eigenvalue weighted by atomic mass is 127. The van der Waals surface area contributed by atoms with Crippen LogP contribution in [0.4, 0.5) is 10.5 Å². The van der Waals surface area contributed by atoms with Crippen molar-refractivity contribution in [3.05, 3.63) is 62.7 Å². The topological polar surface area (TPSA) is 93.7 Å². The highest BCUT2D eigenvalue weighted by molar-refractivity contribution is 14.1. The minimum atomic E-state index is -0.709. The summed E-state index contributed by atoms with van der Waals surface area (Å²) in [5.41, 5.74) is 0.254. The number of amides is 2. The summed E-state index contributed by atoms with van der Waals surface area (Å²) >= 11 is 2.24. The van der Waals surface area contributed by atoms with E-state index < -0.39 is 29.2 Å². The number of carbonyl (C=O) groups is 3. The Labute approximate surface area is 208 Å². The molecule has 0 radical (unpaired) electrons. The largest absolute Gasteiger partial charge is 0.456 e. The first-order valence-electron chi connectivity index (χ1n) is 10.6. The molecule has 2 amide bonds. The monoisotopic (exact) mass is 566 g/mol. The zero-order valence-electron chi connectivity index (χ0n) is 19.9. The van der Waals surface area contributed by atoms with Gasteiger partial charge in [0.1, 0.15) is 11.2 Å². The lowest BCUT2D eigenvalue weighted by Crippen LogP contribution is -2.31. The number of hydrogen-bond acceptors (Lipinski definition) is 5. The zero-order chi connectivity index (χ0) is 24.8. The predicted molar refractivity (Wildman–Crippen MR) is 137 cm³/mol. The summed E-state index contributed by atoms with van der Waals surface area (Å²) in [6, 6.07) is 11.9. The average molecular weight is 566 g/mol. The van der Waals surface area contributed by atoms with E-state index in [0.717, 1.165) is 9.13 Å². The Balaban J connectivity index is 2.15. The van der Waals surface area contributed by atoms with Gasteiger partial charge in [0.25, 0.3) is 0 Å². The average Bonchev–Trinajstić information content (AvgIpc) is 2.66. The Kier molecular flexibility index (Phi) is 8.88. The van der Waals surface area contributed by atoms with Crippen LogP contribution in [0.5, 0.6) is 0 Å². The molecule has 2 aromatic rings. The molecule has 8 heteroatoms. The molecule has 0 spiro atoms. The van der Waals surface area contributed by atoms with E-state index >= 15 is 0 Å². The van der Waals surface area contributed by atoms with Crippen molar-refractivity contribution in [2.24, 2.45) is 0 Å². The van der Waals surface area contributed by atoms with Gasteiger partial charge in [0.15, 0.2) is 0 Å². The molecule has 0 aromatic heterocycles. The molecule has 2 N–H and O–H groups in total. The van der Waals surface area contributed by atoms with E-state index in [0.29, 0.717) is 13.0 Å². The number of rotatable bonds is 6. The van der Waals surface area contributed by atoms with Crippen LogP contribution < -0.4 is 10.6 Å². The second-order valence-electron chi connectivity index (χ2n) is 9.56. The van der Waals surface area contributed by atoms with Crippen LogP contribution in [0.15, 0.2) is 42.5 Å². The van der Waals surface area contributed by atoms with Gasteiger partial charge in [0, 0.05) is 15.8 Å². The number of halogens is 1. The minimum absolute atomic E-state index is 0.141. The zero-order valence-corrected chi connectivity index (χ0v) is 22.0. The Morgan fingerprint density at radius 3 is 1.76 bits per heavy atom. The van der Waals surface area contributed by atoms with Crippen LogP contribution in [0.1, 0.15) is 67.8 Å². The van der Waals surface area contributed by atoms with Gasteiger partial charge in [0.2, 0.25) is 0 Å². The van der Waals surface area contributed by atoms with Crippen LogP contribution in [-0.4, -0.2) is 35.7 Å². The molecule has 0 saturated carbocycles. The molecule has 0 saturated heterocycles. The van der Waals surface area contributed by atoms with E-state index in [1.807, 2.05) is 24.3 Å². The first-order chi connectivity index (χ1) is 15.2. The van der Waals surface area contributed by atoms with Gasteiger partial charge in [-0.25, -0.2) is 14.4 Å². The number of ether oxygens (including phenoxy) is 2. The first kappa shape index (κ1) is 26.6. The maximum absolute atomic E-state index is 12.6. The summed E-state index contributed by atoms with van der Waals surface area (Å²) < 4.78 is 12.0. The maximum Gasteiger partial charge on any atom is 0.338 e. The van der Waals surface area contributed by atoms with Crippen LogP contribution in [0.3, 0.4) is 0 Å². The number of nitrogens with one attached hydrogen (secondary N) is 2. The van der Waals surface area contributed by atoms with Crippen molar-refractivity contribution in [3.8, 4) is 0 Å². The lowest BCUT2D eigenvalue weighted by molar-refractivity contribution is 0.00676. The van der Waals surface area contributed by atoms with E-state index in [4.69, 9.17) is 9.47 Å². The second-order valence-corrected chi connectivity index (χ2v) is 10.8. The molecule has 0 aliphatic carbocycles. The summed E-state index contributed by atoms with van der Waals surface area (Å²) in [5.74, 6) is -1.20. The van der Waals surface area contributed by atoms with Crippen molar-refractivity contribution < 1.29 is 23.9 Å². The quantitative estimate of drug-likeness (QED) is 0.353. The molecule has 2 rings (SSSR count). The van der Waals surface area contributed by atoms with Crippen molar-refractivity contribution in [2.45, 2.75) is 59.2 Å². The normalized spacial score (nSPS) is 11.5. The van der Waals surface area contributed by atoms with Gasteiger partial charge in [-0.05, 0) is 106 Å². The molecule has 2 aromatic carbocycles. The number of anilines is 1. The molecule has 178 valence electrons. The van der Waals surface area contributed by atoms with Crippen molar-refractivity contribution in [1.29, 1.82) is 0 Å². The molecular weight excluding hydrogens is 535 g/mol. The van der Waals surface area contributed by atoms with Crippen molar-refractivity contribution in [2.75, 3.05) is 11.9 Å². The third-order valence-corrected chi connectivity index (χ3v) is 4.79. The molecule has 0 aliphatic heterocycles. The van der Waals surface area contributed by atoms with E-state index in [9.17, 15) is 14.4 Å². The Hall–Kier alpha value is -2.62. The van der Waals surface area contributed by atoms with E-state index in [2.05, 4.69) is 33.2 Å². The molecule has 0 atom stereocenters. The molecule has 7 nitrogen and oxygen atoms in total. The summed E-state index contributed by atoms with van der Waals surface area (Å²) in [7, 11) is 0. The number of esters is 2. The molecule has 33 heavy (non-hydrogen) atoms. The highest BCUT2D eigenvalue weighted by Crippen LogP contribution is 2.21. The minimum Gasteiger partial charge on any atom is -0.456 e. The van der Waals surface area contributed by atoms with Crippen molar-refractivity contribution in [3.63, 3.8) is 0 Å². The van der Waals surface area contributed by atoms with Crippen LogP contribution in [0.25, 0.3) is 0 Å². The van der Waals surface area contributed by atoms with Crippen molar-refractivity contribution in [1.82, 2.24) is 5.32 Å². The van der Waals surface area contributed by atoms with Crippen LogP contribution >= 0.6 is 22.6 Å². The smallest absolute Gasteiger partial charge is 0.338 e. The fraction of sp³-hybridized carbons (Fsp3) is 0.400. The van der Waals surface area contributed by atoms with Gasteiger partial charge in [-0.1, -0.05) is 12.1 Å². The fourth-order valence-electron chi connectivity index (χ4n) is 2.76. The predicted octanol–water partition coefficient (Wildman–Crippen LogP) is 5.57. The highest BCUT2D eigenvalue weighted by Gasteiger charge is 2.23. The number of carbonyl (C=O) groups excluding carboxylic acids is 3. The molecular formula is C25H31IN2O5. The van der Waals surface area contributed by atoms with E-state index in [1.54, 1.807) is 41.5 Å². The van der Waals surface area contributed by atoms with Crippen LogP contribution in [0.2, 0.25) is 0 Å². The number of benzene rings is 2. The van der Waals surface area contributed by atoms with Crippen LogP contribution in [0, 0.1) is 3.57 Å². The van der Waals surface area contributed by atoms with Crippen LogP contribution in [-0.2, 0) is 15.9 Å². The lowest BCUT2D eigenvalue weighted by Gasteiger charge is -2.21. The van der Waals surface area contributed by atoms with E-state index in [1.165, 1.54) is 18.2 Å². The third-order valence-electron chi connectivity index (χ3n) is 4.07. The lowest BCUT2D eigenvalue weighted by atomic mass is 10.1. The van der Waals surface area contributed by atoms with Gasteiger partial charge < -0.3 is 20.1 Å². The van der Waals surface area contributed by atoms with Gasteiger partial charge in [-0.3, -0.25) is 0 Å². The first-order valence-corrected chi connectivity index (χ1v) is 11.7. The third kappa shape index (κ3) is 9.81. The molecule has 0 unspecified atom stereocenters. The maximum atomic E-state index is 12.6. The van der Waals surface area contributed by atoms with Gasteiger partial charge in [-0.15, -0.1) is 0 Å². The van der Waals surface area contributed by atoms with Gasteiger partial charge >= 0.3 is 18.0 Å². The number of hydrogen-bond donors (Lipinski definition) is 2. The summed E-state index contributed by atoms with van der Waals surface area (Å²) in [5, 5.41) is 5.47. The SMILES string of the molecule is CC(C)(C)OC(=O)c1cc(NC(=O)NCCc2ccc(I)cc2)cc(C(=O)OC(C)(C)C)c1. The Morgan fingerprint density at radius 2 is 1.30 bits per heavy atom. The fourth-order valence-corrected chi connectivity index (χ4v) is 3.12. The van der Waals surface area contributed by atoms with E-state index in [-0.39, 0.29) is 16.8 Å². The summed E-state index contributed by atoms with van der Waals surface area (Å²) in [6.45, 7) is 10.9. The molecule has 0 aliphatic rings. The Morgan fingerprint density at radius 1 is 0.818 bits per heavy atom. The van der Waals surface area contributed by atoms with Crippen molar-refractivity contribution >= 4 is 46.2 Å².